The Kier molecular flexibility index (Phi) is 5.39. The summed E-state index contributed by atoms with van der Waals surface area (Å²) in [6.45, 7) is 6.20. The number of benzene rings is 1. The molecule has 0 atom stereocenters. The first-order valence-corrected chi connectivity index (χ1v) is 9.03. The number of halogens is 2. The van der Waals surface area contributed by atoms with Crippen molar-refractivity contribution in [3.63, 3.8) is 0 Å². The third-order valence-corrected chi connectivity index (χ3v) is 5.63. The maximum Gasteiger partial charge on any atom is 0.227 e. The summed E-state index contributed by atoms with van der Waals surface area (Å²) in [4.78, 5) is 28.1. The van der Waals surface area contributed by atoms with Crippen molar-refractivity contribution in [2.24, 2.45) is 5.41 Å². The lowest BCUT2D eigenvalue weighted by molar-refractivity contribution is -0.141. The van der Waals surface area contributed by atoms with E-state index in [0.29, 0.717) is 32.6 Å². The van der Waals surface area contributed by atoms with Crippen LogP contribution in [0.1, 0.15) is 31.2 Å². The van der Waals surface area contributed by atoms with Gasteiger partial charge in [0.15, 0.2) is 0 Å². The molecule has 1 aromatic carbocycles. The van der Waals surface area contributed by atoms with E-state index in [-0.39, 0.29) is 29.2 Å². The van der Waals surface area contributed by atoms with Crippen LogP contribution in [0.3, 0.4) is 0 Å². The lowest BCUT2D eigenvalue weighted by atomic mass is 9.72. The van der Waals surface area contributed by atoms with Crippen molar-refractivity contribution in [2.45, 2.75) is 32.1 Å². The van der Waals surface area contributed by atoms with E-state index in [4.69, 9.17) is 0 Å². The summed E-state index contributed by atoms with van der Waals surface area (Å²) in [5, 5.41) is 0. The van der Waals surface area contributed by atoms with E-state index in [2.05, 4.69) is 6.58 Å². The number of carbonyl (C=O) groups is 2. The Morgan fingerprint density at radius 3 is 2.62 bits per heavy atom. The molecule has 4 nitrogen and oxygen atoms in total. The van der Waals surface area contributed by atoms with Gasteiger partial charge in [-0.2, -0.15) is 0 Å². The normalized spacial score (nSPS) is 19.7. The second-order valence-corrected chi connectivity index (χ2v) is 7.36. The maximum absolute atomic E-state index is 13.8. The standard InChI is InChI=1S/C20H24F2N2O2/c1-2-9-24-14-20(6-5-18(24)25)7-10-23(11-8-20)19(26)12-15-3-4-16(21)13-17(15)22/h2-4,13H,1,5-12,14H2. The van der Waals surface area contributed by atoms with Crippen LogP contribution in [0.25, 0.3) is 0 Å². The van der Waals surface area contributed by atoms with Gasteiger partial charge in [0, 0.05) is 38.7 Å². The molecule has 2 amide bonds. The molecule has 2 saturated heterocycles. The zero-order valence-corrected chi connectivity index (χ0v) is 14.8. The van der Waals surface area contributed by atoms with Gasteiger partial charge in [-0.25, -0.2) is 8.78 Å². The first kappa shape index (κ1) is 18.5. The molecule has 1 aromatic rings. The monoisotopic (exact) mass is 362 g/mol. The number of hydrogen-bond donors (Lipinski definition) is 0. The van der Waals surface area contributed by atoms with Crippen LogP contribution in [0, 0.1) is 17.0 Å². The van der Waals surface area contributed by atoms with Crippen molar-refractivity contribution in [1.29, 1.82) is 0 Å². The van der Waals surface area contributed by atoms with Crippen molar-refractivity contribution in [2.75, 3.05) is 26.2 Å². The third kappa shape index (κ3) is 3.94. The van der Waals surface area contributed by atoms with E-state index in [1.807, 2.05) is 4.90 Å². The number of carbonyl (C=O) groups excluding carboxylic acids is 2. The zero-order valence-electron chi connectivity index (χ0n) is 14.8. The molecule has 3 rings (SSSR count). The van der Waals surface area contributed by atoms with Gasteiger partial charge >= 0.3 is 0 Å². The van der Waals surface area contributed by atoms with Gasteiger partial charge in [-0.15, -0.1) is 6.58 Å². The summed E-state index contributed by atoms with van der Waals surface area (Å²) >= 11 is 0. The fourth-order valence-electron chi connectivity index (χ4n) is 4.00. The van der Waals surface area contributed by atoms with E-state index < -0.39 is 11.6 Å². The second kappa shape index (κ2) is 7.56. The minimum absolute atomic E-state index is 0.0554. The molecule has 26 heavy (non-hydrogen) atoms. The van der Waals surface area contributed by atoms with Crippen molar-refractivity contribution in [3.8, 4) is 0 Å². The van der Waals surface area contributed by atoms with Crippen molar-refractivity contribution in [1.82, 2.24) is 9.80 Å². The quantitative estimate of drug-likeness (QED) is 0.773. The fraction of sp³-hybridized carbons (Fsp3) is 0.500. The Labute approximate surface area is 152 Å². The van der Waals surface area contributed by atoms with Crippen molar-refractivity contribution in [3.05, 3.63) is 48.1 Å². The van der Waals surface area contributed by atoms with Gasteiger partial charge in [0.1, 0.15) is 11.6 Å². The molecule has 0 aliphatic carbocycles. The van der Waals surface area contributed by atoms with Crippen LogP contribution < -0.4 is 0 Å². The van der Waals surface area contributed by atoms with Crippen molar-refractivity contribution < 1.29 is 18.4 Å². The van der Waals surface area contributed by atoms with Gasteiger partial charge in [-0.05, 0) is 36.3 Å². The molecule has 0 unspecified atom stereocenters. The first-order chi connectivity index (χ1) is 12.4. The zero-order chi connectivity index (χ0) is 18.7. The molecule has 0 aromatic heterocycles. The molecule has 0 N–H and O–H groups in total. The van der Waals surface area contributed by atoms with Gasteiger partial charge in [0.2, 0.25) is 11.8 Å². The average Bonchev–Trinajstić information content (AvgIpc) is 2.61. The second-order valence-electron chi connectivity index (χ2n) is 7.36. The highest BCUT2D eigenvalue weighted by Crippen LogP contribution is 2.40. The molecule has 0 radical (unpaired) electrons. The third-order valence-electron chi connectivity index (χ3n) is 5.63. The van der Waals surface area contributed by atoms with Crippen molar-refractivity contribution >= 4 is 11.8 Å². The van der Waals surface area contributed by atoms with E-state index in [1.54, 1.807) is 11.0 Å². The molecule has 2 aliphatic rings. The number of amides is 2. The molecule has 0 bridgehead atoms. The van der Waals surface area contributed by atoms with Crippen LogP contribution in [-0.2, 0) is 16.0 Å². The fourth-order valence-corrected chi connectivity index (χ4v) is 4.00. The predicted octanol–water partition coefficient (Wildman–Crippen LogP) is 2.92. The SMILES string of the molecule is C=CCN1CC2(CCC1=O)CCN(C(=O)Cc1ccc(F)cc1F)CC2. The number of likely N-dealkylation sites (tertiary alicyclic amines) is 2. The van der Waals surface area contributed by atoms with Gasteiger partial charge in [0.05, 0.1) is 6.42 Å². The van der Waals surface area contributed by atoms with Gasteiger partial charge in [-0.1, -0.05) is 12.1 Å². The van der Waals surface area contributed by atoms with Crippen LogP contribution in [0.5, 0.6) is 0 Å². The minimum Gasteiger partial charge on any atom is -0.342 e. The average molecular weight is 362 g/mol. The molecule has 6 heteroatoms. The minimum atomic E-state index is -0.683. The van der Waals surface area contributed by atoms with Crippen LogP contribution in [0.15, 0.2) is 30.9 Å². The summed E-state index contributed by atoms with van der Waals surface area (Å²) < 4.78 is 26.7. The lowest BCUT2D eigenvalue weighted by Gasteiger charge is -2.47. The van der Waals surface area contributed by atoms with Crippen LogP contribution in [-0.4, -0.2) is 47.8 Å². The van der Waals surface area contributed by atoms with Crippen LogP contribution >= 0.6 is 0 Å². The molecule has 140 valence electrons. The Morgan fingerprint density at radius 2 is 1.96 bits per heavy atom. The van der Waals surface area contributed by atoms with Gasteiger partial charge in [0.25, 0.3) is 0 Å². The Bertz CT molecular complexity index is 712. The van der Waals surface area contributed by atoms with E-state index in [1.165, 1.54) is 12.1 Å². The largest absolute Gasteiger partial charge is 0.342 e. The summed E-state index contributed by atoms with van der Waals surface area (Å²) in [5.74, 6) is -1.30. The number of rotatable bonds is 4. The summed E-state index contributed by atoms with van der Waals surface area (Å²) in [6, 6.07) is 3.30. The molecular formula is C20H24F2N2O2. The number of piperidine rings is 2. The molecule has 0 saturated carbocycles. The molecule has 1 spiro atoms. The van der Waals surface area contributed by atoms with Crippen LogP contribution in [0.2, 0.25) is 0 Å². The topological polar surface area (TPSA) is 40.6 Å². The van der Waals surface area contributed by atoms with Gasteiger partial charge < -0.3 is 9.80 Å². The highest BCUT2D eigenvalue weighted by molar-refractivity contribution is 5.79. The number of nitrogens with zero attached hydrogens (tertiary/aromatic N) is 2. The maximum atomic E-state index is 13.8. The highest BCUT2D eigenvalue weighted by atomic mass is 19.1. The van der Waals surface area contributed by atoms with E-state index in [9.17, 15) is 18.4 Å². The Balaban J connectivity index is 1.58. The van der Waals surface area contributed by atoms with E-state index in [0.717, 1.165) is 25.3 Å². The molecule has 2 heterocycles. The number of hydrogen-bond acceptors (Lipinski definition) is 2. The first-order valence-electron chi connectivity index (χ1n) is 9.03. The van der Waals surface area contributed by atoms with Crippen LogP contribution in [0.4, 0.5) is 8.78 Å². The predicted molar refractivity (Wildman–Crippen MR) is 94.3 cm³/mol. The van der Waals surface area contributed by atoms with Gasteiger partial charge in [-0.3, -0.25) is 9.59 Å². The molecular weight excluding hydrogens is 338 g/mol. The highest BCUT2D eigenvalue weighted by Gasteiger charge is 2.41. The molecule has 2 fully saturated rings. The Morgan fingerprint density at radius 1 is 1.23 bits per heavy atom. The summed E-state index contributed by atoms with van der Waals surface area (Å²) in [7, 11) is 0. The summed E-state index contributed by atoms with van der Waals surface area (Å²) in [5.41, 5.74) is 0.284. The van der Waals surface area contributed by atoms with E-state index >= 15 is 0 Å². The smallest absolute Gasteiger partial charge is 0.227 e. The lowest BCUT2D eigenvalue weighted by Crippen LogP contribution is -2.52. The molecule has 2 aliphatic heterocycles. The Hall–Kier alpha value is -2.24. The summed E-state index contributed by atoms with van der Waals surface area (Å²) in [6.07, 6.45) is 4.76.